The molecule has 0 bridgehead atoms. The highest BCUT2D eigenvalue weighted by Gasteiger charge is 2.27. The van der Waals surface area contributed by atoms with E-state index in [1.54, 1.807) is 19.3 Å². The summed E-state index contributed by atoms with van der Waals surface area (Å²) in [5, 5.41) is 19.9. The average molecular weight is 369 g/mol. The molecule has 1 aromatic heterocycles. The summed E-state index contributed by atoms with van der Waals surface area (Å²) in [7, 11) is 0. The molecule has 0 radical (unpaired) electrons. The Hall–Kier alpha value is -2.28. The molecule has 1 fully saturated rings. The minimum atomic E-state index is -0.192. The Bertz CT molecular complexity index is 774. The van der Waals surface area contributed by atoms with Gasteiger partial charge in [-0.25, -0.2) is 0 Å². The minimum Gasteiger partial charge on any atom is -0.505 e. The molecule has 2 aromatic rings. The zero-order chi connectivity index (χ0) is 19.2. The Balaban J connectivity index is 1.90. The van der Waals surface area contributed by atoms with Crippen molar-refractivity contribution >= 4 is 6.21 Å². The summed E-state index contributed by atoms with van der Waals surface area (Å²) in [5.74, 6) is 0.0696. The van der Waals surface area contributed by atoms with Crippen LogP contribution in [0.1, 0.15) is 35.3 Å². The highest BCUT2D eigenvalue weighted by molar-refractivity contribution is 5.85. The predicted molar refractivity (Wildman–Crippen MR) is 105 cm³/mol. The Kier molecular flexibility index (Phi) is 6.55. The molecule has 6 nitrogen and oxygen atoms in total. The van der Waals surface area contributed by atoms with Crippen molar-refractivity contribution in [1.29, 1.82) is 0 Å². The summed E-state index contributed by atoms with van der Waals surface area (Å²) in [6, 6.07) is 10.4. The summed E-state index contributed by atoms with van der Waals surface area (Å²) in [4.78, 5) is 11.2. The van der Waals surface area contributed by atoms with Gasteiger partial charge in [0.1, 0.15) is 5.75 Å². The Morgan fingerprint density at radius 1 is 1.26 bits per heavy atom. The number of ether oxygens (including phenoxy) is 1. The van der Waals surface area contributed by atoms with Crippen LogP contribution in [0.4, 0.5) is 0 Å². The SMILES string of the molecule is Cc1ncc(CO)c(C=N[C@H](C)[C@H](c2ccccc2)N2CCOCC2)c1O. The van der Waals surface area contributed by atoms with Gasteiger partial charge >= 0.3 is 0 Å². The number of aliphatic hydroxyl groups excluding tert-OH is 1. The second-order valence-corrected chi connectivity index (χ2v) is 6.81. The first-order chi connectivity index (χ1) is 13.1. The van der Waals surface area contributed by atoms with Crippen LogP contribution in [0.3, 0.4) is 0 Å². The zero-order valence-electron chi connectivity index (χ0n) is 15.9. The molecular formula is C21H27N3O3. The zero-order valence-corrected chi connectivity index (χ0v) is 15.9. The monoisotopic (exact) mass is 369 g/mol. The van der Waals surface area contributed by atoms with Crippen LogP contribution >= 0.6 is 0 Å². The maximum absolute atomic E-state index is 10.3. The number of aryl methyl sites for hydroxylation is 1. The van der Waals surface area contributed by atoms with Gasteiger partial charge in [0.2, 0.25) is 0 Å². The largest absolute Gasteiger partial charge is 0.505 e. The summed E-state index contributed by atoms with van der Waals surface area (Å²) in [6.45, 7) is 6.78. The van der Waals surface area contributed by atoms with Gasteiger partial charge in [0.15, 0.2) is 0 Å². The van der Waals surface area contributed by atoms with Crippen LogP contribution < -0.4 is 0 Å². The van der Waals surface area contributed by atoms with Crippen LogP contribution in [0, 0.1) is 6.92 Å². The Morgan fingerprint density at radius 2 is 1.96 bits per heavy atom. The number of aliphatic imine (C=N–C) groups is 1. The van der Waals surface area contributed by atoms with E-state index in [4.69, 9.17) is 9.73 Å². The van der Waals surface area contributed by atoms with E-state index in [0.29, 0.717) is 16.8 Å². The van der Waals surface area contributed by atoms with Crippen LogP contribution in [0.5, 0.6) is 5.75 Å². The first kappa shape index (κ1) is 19.5. The molecule has 2 heterocycles. The van der Waals surface area contributed by atoms with Crippen LogP contribution in [0.2, 0.25) is 0 Å². The number of rotatable bonds is 6. The molecule has 6 heteroatoms. The number of hydrogen-bond donors (Lipinski definition) is 2. The van der Waals surface area contributed by atoms with Crippen molar-refractivity contribution in [3.63, 3.8) is 0 Å². The molecule has 1 aliphatic heterocycles. The van der Waals surface area contributed by atoms with Gasteiger partial charge in [-0.2, -0.15) is 0 Å². The molecule has 1 saturated heterocycles. The Labute approximate surface area is 160 Å². The number of pyridine rings is 1. The number of benzene rings is 1. The first-order valence-corrected chi connectivity index (χ1v) is 9.30. The maximum Gasteiger partial charge on any atom is 0.145 e. The molecule has 2 N–H and O–H groups in total. The van der Waals surface area contributed by atoms with E-state index in [9.17, 15) is 10.2 Å². The van der Waals surface area contributed by atoms with Crippen LogP contribution in [-0.4, -0.2) is 58.7 Å². The van der Waals surface area contributed by atoms with Crippen LogP contribution in [0.25, 0.3) is 0 Å². The van der Waals surface area contributed by atoms with E-state index in [1.807, 2.05) is 18.2 Å². The average Bonchev–Trinajstić information content (AvgIpc) is 2.71. The standard InChI is InChI=1S/C21H27N3O3/c1-15(23-13-19-18(14-25)12-22-16(2)21(19)26)20(17-6-4-3-5-7-17)24-8-10-27-11-9-24/h3-7,12-13,15,20,25-26H,8-11,14H2,1-2H3/t15-,20-/m1/s1. The fourth-order valence-corrected chi connectivity index (χ4v) is 3.50. The van der Waals surface area contributed by atoms with E-state index < -0.39 is 0 Å². The lowest BCUT2D eigenvalue weighted by Gasteiger charge is -2.37. The van der Waals surface area contributed by atoms with Gasteiger partial charge in [-0.05, 0) is 19.4 Å². The third-order valence-electron chi connectivity index (χ3n) is 5.00. The normalized spacial score (nSPS) is 17.9. The van der Waals surface area contributed by atoms with Crippen molar-refractivity contribution in [2.45, 2.75) is 32.5 Å². The Morgan fingerprint density at radius 3 is 2.63 bits per heavy atom. The molecule has 0 aliphatic carbocycles. The number of hydrogen-bond acceptors (Lipinski definition) is 6. The number of aromatic nitrogens is 1. The third kappa shape index (κ3) is 4.53. The second kappa shape index (κ2) is 9.08. The third-order valence-corrected chi connectivity index (χ3v) is 5.00. The summed E-state index contributed by atoms with van der Waals surface area (Å²) >= 11 is 0. The maximum atomic E-state index is 10.3. The van der Waals surface area contributed by atoms with Gasteiger partial charge in [0.05, 0.1) is 37.6 Å². The molecule has 0 spiro atoms. The topological polar surface area (TPSA) is 78.2 Å². The van der Waals surface area contributed by atoms with Gasteiger partial charge in [-0.3, -0.25) is 14.9 Å². The smallest absolute Gasteiger partial charge is 0.145 e. The van der Waals surface area contributed by atoms with Crippen molar-refractivity contribution in [3.8, 4) is 5.75 Å². The lowest BCUT2D eigenvalue weighted by molar-refractivity contribution is 0.0119. The van der Waals surface area contributed by atoms with Crippen molar-refractivity contribution < 1.29 is 14.9 Å². The number of aromatic hydroxyl groups is 1. The van der Waals surface area contributed by atoms with Gasteiger partial charge in [-0.15, -0.1) is 0 Å². The molecule has 0 unspecified atom stereocenters. The fraction of sp³-hybridized carbons (Fsp3) is 0.429. The highest BCUT2D eigenvalue weighted by Crippen LogP contribution is 2.28. The lowest BCUT2D eigenvalue weighted by Crippen LogP contribution is -2.42. The van der Waals surface area contributed by atoms with E-state index in [0.717, 1.165) is 26.3 Å². The molecule has 27 heavy (non-hydrogen) atoms. The number of aliphatic hydroxyl groups is 1. The molecule has 0 amide bonds. The van der Waals surface area contributed by atoms with Gasteiger partial charge in [0.25, 0.3) is 0 Å². The second-order valence-electron chi connectivity index (χ2n) is 6.81. The van der Waals surface area contributed by atoms with Gasteiger partial charge in [0, 0.05) is 36.6 Å². The van der Waals surface area contributed by atoms with E-state index in [2.05, 4.69) is 28.9 Å². The molecule has 0 saturated carbocycles. The lowest BCUT2D eigenvalue weighted by atomic mass is 9.98. The van der Waals surface area contributed by atoms with Crippen molar-refractivity contribution in [3.05, 3.63) is 58.9 Å². The molecular weight excluding hydrogens is 342 g/mol. The van der Waals surface area contributed by atoms with Gasteiger partial charge < -0.3 is 14.9 Å². The minimum absolute atomic E-state index is 0.0371. The van der Waals surface area contributed by atoms with Crippen LogP contribution in [-0.2, 0) is 11.3 Å². The van der Waals surface area contributed by atoms with Crippen molar-refractivity contribution in [1.82, 2.24) is 9.88 Å². The summed E-state index contributed by atoms with van der Waals surface area (Å²) < 4.78 is 5.51. The molecule has 3 rings (SSSR count). The summed E-state index contributed by atoms with van der Waals surface area (Å²) in [5.41, 5.74) is 2.83. The van der Waals surface area contributed by atoms with E-state index in [-0.39, 0.29) is 24.4 Å². The molecule has 2 atom stereocenters. The van der Waals surface area contributed by atoms with Crippen molar-refractivity contribution in [2.75, 3.05) is 26.3 Å². The van der Waals surface area contributed by atoms with Crippen LogP contribution in [0.15, 0.2) is 41.5 Å². The number of nitrogens with zero attached hydrogens (tertiary/aromatic N) is 3. The molecule has 144 valence electrons. The fourth-order valence-electron chi connectivity index (χ4n) is 3.50. The van der Waals surface area contributed by atoms with E-state index in [1.165, 1.54) is 5.56 Å². The highest BCUT2D eigenvalue weighted by atomic mass is 16.5. The molecule has 1 aromatic carbocycles. The predicted octanol–water partition coefficient (Wildman–Crippen LogP) is 2.47. The van der Waals surface area contributed by atoms with E-state index >= 15 is 0 Å². The number of morpholine rings is 1. The quantitative estimate of drug-likeness (QED) is 0.765. The molecule has 1 aliphatic rings. The van der Waals surface area contributed by atoms with Crippen molar-refractivity contribution in [2.24, 2.45) is 4.99 Å². The summed E-state index contributed by atoms with van der Waals surface area (Å²) in [6.07, 6.45) is 3.24. The van der Waals surface area contributed by atoms with Gasteiger partial charge in [-0.1, -0.05) is 30.3 Å². The first-order valence-electron chi connectivity index (χ1n) is 9.30.